The zero-order valence-corrected chi connectivity index (χ0v) is 18.7. The highest BCUT2D eigenvalue weighted by molar-refractivity contribution is 5.69. The summed E-state index contributed by atoms with van der Waals surface area (Å²) in [6.07, 6.45) is 7.68. The van der Waals surface area contributed by atoms with Crippen molar-refractivity contribution < 1.29 is 18.6 Å². The van der Waals surface area contributed by atoms with E-state index >= 15 is 0 Å². The molecule has 5 rings (SSSR count). The average molecular weight is 463 g/mol. The van der Waals surface area contributed by atoms with Crippen LogP contribution in [0.3, 0.4) is 0 Å². The Labute approximate surface area is 195 Å². The molecule has 34 heavy (non-hydrogen) atoms. The van der Waals surface area contributed by atoms with Crippen molar-refractivity contribution in [1.29, 1.82) is 0 Å². The van der Waals surface area contributed by atoms with Gasteiger partial charge < -0.3 is 14.4 Å². The summed E-state index contributed by atoms with van der Waals surface area (Å²) in [6.45, 7) is 2.45. The minimum atomic E-state index is -1.37. The van der Waals surface area contributed by atoms with E-state index in [0.29, 0.717) is 53.6 Å². The van der Waals surface area contributed by atoms with E-state index in [0.717, 1.165) is 5.69 Å². The predicted molar refractivity (Wildman–Crippen MR) is 122 cm³/mol. The zero-order chi connectivity index (χ0) is 23.9. The van der Waals surface area contributed by atoms with Gasteiger partial charge in [-0.25, -0.2) is 23.4 Å². The van der Waals surface area contributed by atoms with Crippen molar-refractivity contribution in [2.75, 3.05) is 7.11 Å². The average Bonchev–Trinajstić information content (AvgIpc) is 3.45. The molecule has 1 N–H and O–H groups in total. The fourth-order valence-electron chi connectivity index (χ4n) is 4.26. The van der Waals surface area contributed by atoms with Crippen LogP contribution in [-0.4, -0.2) is 36.5 Å². The molecule has 3 heterocycles. The standard InChI is InChI=1S/C25H23F2N5O2/c1-16-14-31(15-28-16)21-13-20(27)17(12-22(21)34-2)4-9-23-29-24-25(33,10-3-11-32(24)30-23)18-5-7-19(26)8-6-18/h4-9,12-15,33H,3,10-11H2,1-2H3/t25-/m0/s1. The van der Waals surface area contributed by atoms with Gasteiger partial charge in [0.1, 0.15) is 23.0 Å². The van der Waals surface area contributed by atoms with Gasteiger partial charge >= 0.3 is 0 Å². The van der Waals surface area contributed by atoms with E-state index in [4.69, 9.17) is 4.74 Å². The number of aromatic nitrogens is 5. The topological polar surface area (TPSA) is 78.0 Å². The highest BCUT2D eigenvalue weighted by atomic mass is 19.1. The van der Waals surface area contributed by atoms with Gasteiger partial charge in [0.25, 0.3) is 0 Å². The molecule has 0 bridgehead atoms. The molecule has 1 aliphatic rings. The summed E-state index contributed by atoms with van der Waals surface area (Å²) in [5.41, 5.74) is 0.835. The minimum Gasteiger partial charge on any atom is -0.495 e. The molecule has 0 saturated carbocycles. The quantitative estimate of drug-likeness (QED) is 0.479. The molecule has 174 valence electrons. The number of fused-ring (bicyclic) bond motifs is 1. The van der Waals surface area contributed by atoms with Crippen LogP contribution >= 0.6 is 0 Å². The number of methoxy groups -OCH3 is 1. The van der Waals surface area contributed by atoms with Crippen molar-refractivity contribution in [3.63, 3.8) is 0 Å². The van der Waals surface area contributed by atoms with E-state index in [-0.39, 0.29) is 5.82 Å². The summed E-state index contributed by atoms with van der Waals surface area (Å²) >= 11 is 0. The summed E-state index contributed by atoms with van der Waals surface area (Å²) in [5.74, 6) is 0.394. The third kappa shape index (κ3) is 3.88. The van der Waals surface area contributed by atoms with Crippen molar-refractivity contribution in [2.24, 2.45) is 0 Å². The third-order valence-electron chi connectivity index (χ3n) is 5.99. The molecular weight excluding hydrogens is 440 g/mol. The van der Waals surface area contributed by atoms with E-state index in [1.165, 1.54) is 25.3 Å². The van der Waals surface area contributed by atoms with Crippen molar-refractivity contribution in [2.45, 2.75) is 31.9 Å². The highest BCUT2D eigenvalue weighted by Crippen LogP contribution is 2.37. The number of halogens is 2. The van der Waals surface area contributed by atoms with Gasteiger partial charge in [-0.05, 0) is 55.7 Å². The fraction of sp³-hybridized carbons (Fsp3) is 0.240. The molecule has 4 aromatic rings. The molecule has 0 amide bonds. The van der Waals surface area contributed by atoms with Gasteiger partial charge in [-0.15, -0.1) is 0 Å². The first-order chi connectivity index (χ1) is 16.4. The SMILES string of the molecule is COc1cc(C=Cc2nc3n(n2)CCC[C@]3(O)c2ccc(F)cc2)c(F)cc1-n1cnc(C)c1. The van der Waals surface area contributed by atoms with Crippen LogP contribution in [-0.2, 0) is 12.1 Å². The molecule has 0 saturated heterocycles. The van der Waals surface area contributed by atoms with E-state index in [1.807, 2.05) is 6.92 Å². The van der Waals surface area contributed by atoms with Crippen molar-refractivity contribution >= 4 is 12.2 Å². The number of nitrogens with zero attached hydrogens (tertiary/aromatic N) is 5. The lowest BCUT2D eigenvalue weighted by molar-refractivity contribution is 0.0394. The van der Waals surface area contributed by atoms with Crippen LogP contribution in [0.4, 0.5) is 8.78 Å². The number of rotatable bonds is 5. The second-order valence-electron chi connectivity index (χ2n) is 8.29. The van der Waals surface area contributed by atoms with Gasteiger partial charge in [-0.2, -0.15) is 5.10 Å². The largest absolute Gasteiger partial charge is 0.495 e. The van der Waals surface area contributed by atoms with Gasteiger partial charge in [0.05, 0.1) is 24.8 Å². The van der Waals surface area contributed by atoms with Crippen LogP contribution in [0, 0.1) is 18.6 Å². The Morgan fingerprint density at radius 3 is 2.65 bits per heavy atom. The normalized spacial score (nSPS) is 17.8. The first-order valence-electron chi connectivity index (χ1n) is 10.9. The van der Waals surface area contributed by atoms with Crippen LogP contribution < -0.4 is 4.74 Å². The number of aryl methyl sites for hydroxylation is 2. The maximum Gasteiger partial charge on any atom is 0.174 e. The zero-order valence-electron chi connectivity index (χ0n) is 18.7. The van der Waals surface area contributed by atoms with Gasteiger partial charge in [0, 0.05) is 24.4 Å². The van der Waals surface area contributed by atoms with Gasteiger partial charge in [0.15, 0.2) is 11.6 Å². The van der Waals surface area contributed by atoms with Gasteiger partial charge in [0.2, 0.25) is 0 Å². The van der Waals surface area contributed by atoms with Crippen LogP contribution in [0.1, 0.15) is 41.3 Å². The number of benzene rings is 2. The van der Waals surface area contributed by atoms with Crippen molar-refractivity contribution in [3.8, 4) is 11.4 Å². The Hall–Kier alpha value is -3.85. The van der Waals surface area contributed by atoms with E-state index in [9.17, 15) is 13.9 Å². The molecular formula is C25H23F2N5O2. The molecule has 1 atom stereocenters. The minimum absolute atomic E-state index is 0.305. The summed E-state index contributed by atoms with van der Waals surface area (Å²) in [4.78, 5) is 8.69. The number of imidazole rings is 1. The van der Waals surface area contributed by atoms with Gasteiger partial charge in [-0.3, -0.25) is 0 Å². The van der Waals surface area contributed by atoms with Crippen molar-refractivity contribution in [3.05, 3.63) is 89.0 Å². The van der Waals surface area contributed by atoms with Crippen molar-refractivity contribution in [1.82, 2.24) is 24.3 Å². The summed E-state index contributed by atoms with van der Waals surface area (Å²) < 4.78 is 37.1. The van der Waals surface area contributed by atoms with Crippen LogP contribution in [0.15, 0.2) is 48.9 Å². The molecule has 2 aromatic carbocycles. The molecule has 7 nitrogen and oxygen atoms in total. The lowest BCUT2D eigenvalue weighted by atomic mass is 9.86. The lowest BCUT2D eigenvalue weighted by Crippen LogP contribution is -2.35. The maximum absolute atomic E-state index is 14.9. The number of ether oxygens (including phenoxy) is 1. The number of aliphatic hydroxyl groups is 1. The predicted octanol–water partition coefficient (Wildman–Crippen LogP) is 4.26. The Morgan fingerprint density at radius 2 is 1.94 bits per heavy atom. The molecule has 0 fully saturated rings. The summed E-state index contributed by atoms with van der Waals surface area (Å²) in [5, 5.41) is 15.8. The first-order valence-corrected chi connectivity index (χ1v) is 10.9. The van der Waals surface area contributed by atoms with Crippen LogP contribution in [0.25, 0.3) is 17.8 Å². The molecule has 9 heteroatoms. The van der Waals surface area contributed by atoms with E-state index in [1.54, 1.807) is 52.1 Å². The van der Waals surface area contributed by atoms with Gasteiger partial charge in [-0.1, -0.05) is 12.1 Å². The summed E-state index contributed by atoms with van der Waals surface area (Å²) in [7, 11) is 1.52. The highest BCUT2D eigenvalue weighted by Gasteiger charge is 2.39. The Morgan fingerprint density at radius 1 is 1.15 bits per heavy atom. The smallest absolute Gasteiger partial charge is 0.174 e. The maximum atomic E-state index is 14.9. The van der Waals surface area contributed by atoms with E-state index < -0.39 is 11.4 Å². The van der Waals surface area contributed by atoms with E-state index in [2.05, 4.69) is 15.1 Å². The molecule has 0 spiro atoms. The Bertz CT molecular complexity index is 1380. The third-order valence-corrected chi connectivity index (χ3v) is 5.99. The fourth-order valence-corrected chi connectivity index (χ4v) is 4.26. The first kappa shape index (κ1) is 22.0. The number of hydrogen-bond donors (Lipinski definition) is 1. The summed E-state index contributed by atoms with van der Waals surface area (Å²) in [6, 6.07) is 8.73. The molecule has 2 aromatic heterocycles. The second-order valence-corrected chi connectivity index (χ2v) is 8.29. The molecule has 0 radical (unpaired) electrons. The molecule has 1 aliphatic heterocycles. The monoisotopic (exact) mass is 463 g/mol. The molecule has 0 unspecified atom stereocenters. The van der Waals surface area contributed by atoms with Crippen LogP contribution in [0.5, 0.6) is 5.75 Å². The lowest BCUT2D eigenvalue weighted by Gasteiger charge is -2.31. The number of hydrogen-bond acceptors (Lipinski definition) is 5. The Kier molecular flexibility index (Phi) is 5.49. The van der Waals surface area contributed by atoms with Crippen LogP contribution in [0.2, 0.25) is 0 Å². The second kappa shape index (κ2) is 8.49. The molecule has 0 aliphatic carbocycles. The Balaban J connectivity index is 1.47.